The van der Waals surface area contributed by atoms with E-state index in [1.807, 2.05) is 78.9 Å². The van der Waals surface area contributed by atoms with Crippen LogP contribution in [0.5, 0.6) is 17.2 Å². The van der Waals surface area contributed by atoms with Crippen LogP contribution in [-0.2, 0) is 4.79 Å². The number of amides is 1. The number of hydrogen-bond acceptors (Lipinski definition) is 3. The Labute approximate surface area is 165 Å². The topological polar surface area (TPSA) is 47.6 Å². The highest BCUT2D eigenvalue weighted by molar-refractivity contribution is 6.01. The molecule has 142 valence electrons. The van der Waals surface area contributed by atoms with Crippen LogP contribution < -0.4 is 14.8 Å². The van der Waals surface area contributed by atoms with Gasteiger partial charge in [0.2, 0.25) is 5.91 Å². The lowest BCUT2D eigenvalue weighted by molar-refractivity contribution is -0.111. The molecule has 0 bridgehead atoms. The molecule has 3 aromatic carbocycles. The smallest absolute Gasteiger partial charge is 0.248 e. The Morgan fingerprint density at radius 1 is 0.857 bits per heavy atom. The van der Waals surface area contributed by atoms with E-state index in [0.29, 0.717) is 18.0 Å². The normalized spacial score (nSPS) is 10.6. The Hall–Kier alpha value is -3.53. The number of carbonyl (C=O) groups is 1. The molecule has 0 atom stereocenters. The highest BCUT2D eigenvalue weighted by Gasteiger charge is 2.01. The molecule has 0 saturated carbocycles. The average Bonchev–Trinajstić information content (AvgIpc) is 2.74. The number of ether oxygens (including phenoxy) is 2. The fraction of sp³-hybridized carbons (Fsp3) is 0.125. The quantitative estimate of drug-likeness (QED) is 0.499. The van der Waals surface area contributed by atoms with Gasteiger partial charge in [-0.25, -0.2) is 0 Å². The minimum absolute atomic E-state index is 0.192. The summed E-state index contributed by atoms with van der Waals surface area (Å²) in [5, 5.41) is 2.84. The summed E-state index contributed by atoms with van der Waals surface area (Å²) in [5.41, 5.74) is 1.64. The third kappa shape index (κ3) is 6.02. The molecule has 3 rings (SSSR count). The Balaban J connectivity index is 1.52. The van der Waals surface area contributed by atoms with E-state index in [9.17, 15) is 4.79 Å². The van der Waals surface area contributed by atoms with E-state index in [0.717, 1.165) is 23.5 Å². The largest absolute Gasteiger partial charge is 0.494 e. The maximum atomic E-state index is 12.1. The third-order valence-electron chi connectivity index (χ3n) is 3.88. The highest BCUT2D eigenvalue weighted by atomic mass is 16.5. The van der Waals surface area contributed by atoms with Crippen molar-refractivity contribution in [2.75, 3.05) is 11.9 Å². The molecule has 0 radical (unpaired) electrons. The van der Waals surface area contributed by atoms with Crippen molar-refractivity contribution >= 4 is 17.7 Å². The van der Waals surface area contributed by atoms with Crippen LogP contribution in [0.25, 0.3) is 6.08 Å². The summed E-state index contributed by atoms with van der Waals surface area (Å²) in [6, 6.07) is 24.5. The van der Waals surface area contributed by atoms with E-state index >= 15 is 0 Å². The van der Waals surface area contributed by atoms with E-state index in [-0.39, 0.29) is 5.91 Å². The van der Waals surface area contributed by atoms with E-state index in [2.05, 4.69) is 12.2 Å². The summed E-state index contributed by atoms with van der Waals surface area (Å²) < 4.78 is 11.3. The molecule has 28 heavy (non-hydrogen) atoms. The van der Waals surface area contributed by atoms with Gasteiger partial charge in [0, 0.05) is 11.8 Å². The molecule has 0 aliphatic carbocycles. The van der Waals surface area contributed by atoms with E-state index < -0.39 is 0 Å². The lowest BCUT2D eigenvalue weighted by atomic mass is 10.2. The molecule has 3 aromatic rings. The number of rotatable bonds is 8. The van der Waals surface area contributed by atoms with Crippen LogP contribution in [0, 0.1) is 0 Å². The lowest BCUT2D eigenvalue weighted by Gasteiger charge is -2.07. The maximum Gasteiger partial charge on any atom is 0.248 e. The molecular formula is C24H23NO3. The number of carbonyl (C=O) groups excluding carboxylic acids is 1. The zero-order chi connectivity index (χ0) is 19.6. The van der Waals surface area contributed by atoms with E-state index in [1.165, 1.54) is 6.08 Å². The Bertz CT molecular complexity index is 901. The summed E-state index contributed by atoms with van der Waals surface area (Å²) in [7, 11) is 0. The van der Waals surface area contributed by atoms with Gasteiger partial charge >= 0.3 is 0 Å². The van der Waals surface area contributed by atoms with Crippen molar-refractivity contribution in [2.45, 2.75) is 13.3 Å². The van der Waals surface area contributed by atoms with E-state index in [4.69, 9.17) is 9.47 Å². The first-order valence-electron chi connectivity index (χ1n) is 9.28. The molecule has 0 aromatic heterocycles. The Morgan fingerprint density at radius 2 is 1.50 bits per heavy atom. The molecule has 0 unspecified atom stereocenters. The maximum absolute atomic E-state index is 12.1. The predicted octanol–water partition coefficient (Wildman–Crippen LogP) is 5.92. The SMILES string of the molecule is CCCOc1ccc(C=CC(=O)Nc2ccc(Oc3ccccc3)cc2)cc1. The van der Waals surface area contributed by atoms with Crippen molar-refractivity contribution in [1.29, 1.82) is 0 Å². The molecule has 1 amide bonds. The average molecular weight is 373 g/mol. The summed E-state index contributed by atoms with van der Waals surface area (Å²) in [5.74, 6) is 2.13. The van der Waals surface area contributed by atoms with Crippen molar-refractivity contribution in [3.8, 4) is 17.2 Å². The number of nitrogens with one attached hydrogen (secondary N) is 1. The molecule has 4 nitrogen and oxygen atoms in total. The molecule has 0 aliphatic rings. The van der Waals surface area contributed by atoms with Gasteiger partial charge in [0.1, 0.15) is 17.2 Å². The van der Waals surface area contributed by atoms with Crippen LogP contribution >= 0.6 is 0 Å². The molecular weight excluding hydrogens is 350 g/mol. The van der Waals surface area contributed by atoms with Crippen molar-refractivity contribution in [1.82, 2.24) is 0 Å². The fourth-order valence-electron chi connectivity index (χ4n) is 2.48. The summed E-state index contributed by atoms with van der Waals surface area (Å²) in [4.78, 5) is 12.1. The van der Waals surface area contributed by atoms with Crippen molar-refractivity contribution in [3.05, 3.63) is 90.5 Å². The molecule has 1 N–H and O–H groups in total. The first kappa shape index (κ1) is 19.2. The first-order chi connectivity index (χ1) is 13.7. The molecule has 4 heteroatoms. The number of para-hydroxylation sites is 1. The second kappa shape index (κ2) is 9.97. The number of benzene rings is 3. The zero-order valence-corrected chi connectivity index (χ0v) is 15.8. The summed E-state index contributed by atoms with van der Waals surface area (Å²) in [6.45, 7) is 2.77. The Kier molecular flexibility index (Phi) is 6.85. The molecule has 0 saturated heterocycles. The van der Waals surface area contributed by atoms with Crippen LogP contribution in [0.4, 0.5) is 5.69 Å². The third-order valence-corrected chi connectivity index (χ3v) is 3.88. The van der Waals surface area contributed by atoms with Gasteiger partial charge in [0.05, 0.1) is 6.61 Å². The Morgan fingerprint density at radius 3 is 2.18 bits per heavy atom. The molecule has 0 spiro atoms. The standard InChI is InChI=1S/C24H23NO3/c1-2-18-27-21-13-8-19(9-14-21)10-17-24(26)25-20-11-15-23(16-12-20)28-22-6-4-3-5-7-22/h3-17H,2,18H2,1H3,(H,25,26). The van der Waals surface area contributed by atoms with Gasteiger partial charge in [0.25, 0.3) is 0 Å². The van der Waals surface area contributed by atoms with Crippen molar-refractivity contribution < 1.29 is 14.3 Å². The number of hydrogen-bond donors (Lipinski definition) is 1. The predicted molar refractivity (Wildman–Crippen MR) is 113 cm³/mol. The highest BCUT2D eigenvalue weighted by Crippen LogP contribution is 2.22. The van der Waals surface area contributed by atoms with Gasteiger partial charge in [-0.3, -0.25) is 4.79 Å². The second-order valence-electron chi connectivity index (χ2n) is 6.18. The second-order valence-corrected chi connectivity index (χ2v) is 6.18. The van der Waals surface area contributed by atoms with Gasteiger partial charge < -0.3 is 14.8 Å². The minimum atomic E-state index is -0.192. The van der Waals surface area contributed by atoms with Crippen LogP contribution in [0.2, 0.25) is 0 Å². The van der Waals surface area contributed by atoms with Gasteiger partial charge in [-0.1, -0.05) is 37.3 Å². The molecule has 0 aliphatic heterocycles. The van der Waals surface area contributed by atoms with Crippen LogP contribution in [0.15, 0.2) is 84.9 Å². The summed E-state index contributed by atoms with van der Waals surface area (Å²) in [6.07, 6.45) is 4.25. The zero-order valence-electron chi connectivity index (χ0n) is 15.8. The minimum Gasteiger partial charge on any atom is -0.494 e. The summed E-state index contributed by atoms with van der Waals surface area (Å²) >= 11 is 0. The van der Waals surface area contributed by atoms with Crippen LogP contribution in [0.1, 0.15) is 18.9 Å². The van der Waals surface area contributed by atoms with Gasteiger partial charge in [0.15, 0.2) is 0 Å². The van der Waals surface area contributed by atoms with Crippen LogP contribution in [0.3, 0.4) is 0 Å². The number of anilines is 1. The first-order valence-corrected chi connectivity index (χ1v) is 9.28. The molecule has 0 fully saturated rings. The monoisotopic (exact) mass is 373 g/mol. The lowest BCUT2D eigenvalue weighted by Crippen LogP contribution is -2.07. The molecule has 0 heterocycles. The van der Waals surface area contributed by atoms with Gasteiger partial charge in [-0.2, -0.15) is 0 Å². The van der Waals surface area contributed by atoms with Crippen LogP contribution in [-0.4, -0.2) is 12.5 Å². The van der Waals surface area contributed by atoms with Crippen molar-refractivity contribution in [3.63, 3.8) is 0 Å². The van der Waals surface area contributed by atoms with E-state index in [1.54, 1.807) is 6.08 Å². The van der Waals surface area contributed by atoms with Gasteiger partial charge in [-0.05, 0) is 66.6 Å². The van der Waals surface area contributed by atoms with Crippen molar-refractivity contribution in [2.24, 2.45) is 0 Å². The fourth-order valence-corrected chi connectivity index (χ4v) is 2.48. The van der Waals surface area contributed by atoms with Gasteiger partial charge in [-0.15, -0.1) is 0 Å².